The molecular formula is C16H32N2O2. The van der Waals surface area contributed by atoms with E-state index in [0.717, 1.165) is 32.1 Å². The van der Waals surface area contributed by atoms with Crippen molar-refractivity contribution in [1.82, 2.24) is 5.43 Å². The van der Waals surface area contributed by atoms with Gasteiger partial charge in [0, 0.05) is 13.0 Å². The largest absolute Gasteiger partial charge is 0.396 e. The van der Waals surface area contributed by atoms with Crippen molar-refractivity contribution in [1.29, 1.82) is 0 Å². The number of carbonyl (C=O) groups excluding carboxylic acids is 1. The summed E-state index contributed by atoms with van der Waals surface area (Å²) >= 11 is 0. The lowest BCUT2D eigenvalue weighted by Crippen LogP contribution is -2.29. The zero-order valence-corrected chi connectivity index (χ0v) is 12.8. The van der Waals surface area contributed by atoms with E-state index in [-0.39, 0.29) is 5.91 Å². The molecule has 0 fully saturated rings. The lowest BCUT2D eigenvalue weighted by molar-refractivity contribution is -0.121. The van der Waals surface area contributed by atoms with Crippen LogP contribution in [0, 0.1) is 0 Å². The summed E-state index contributed by atoms with van der Waals surface area (Å²) in [7, 11) is 0. The third-order valence-corrected chi connectivity index (χ3v) is 3.38. The van der Waals surface area contributed by atoms with Crippen molar-refractivity contribution in [2.75, 3.05) is 6.61 Å². The summed E-state index contributed by atoms with van der Waals surface area (Å²) in [6.07, 6.45) is 17.7. The van der Waals surface area contributed by atoms with Crippen LogP contribution in [0.1, 0.15) is 77.0 Å². The Balaban J connectivity index is 3.10. The van der Waals surface area contributed by atoms with Crippen LogP contribution in [0.4, 0.5) is 0 Å². The average molecular weight is 284 g/mol. The summed E-state index contributed by atoms with van der Waals surface area (Å²) in [6, 6.07) is 0. The van der Waals surface area contributed by atoms with Crippen molar-refractivity contribution in [3.8, 4) is 0 Å². The van der Waals surface area contributed by atoms with Crippen LogP contribution in [0.3, 0.4) is 0 Å². The molecule has 0 saturated heterocycles. The Morgan fingerprint density at radius 2 is 1.35 bits per heavy atom. The number of allylic oxidation sites excluding steroid dienone is 2. The minimum atomic E-state index is -0.0658. The van der Waals surface area contributed by atoms with Crippen LogP contribution >= 0.6 is 0 Å². The number of hydrogen-bond donors (Lipinski definition) is 3. The first kappa shape index (κ1) is 19.1. The molecule has 0 bridgehead atoms. The average Bonchev–Trinajstić information content (AvgIpc) is 2.47. The molecule has 4 N–H and O–H groups in total. The van der Waals surface area contributed by atoms with Gasteiger partial charge in [0.15, 0.2) is 0 Å². The number of rotatable bonds is 14. The number of aliphatic hydroxyl groups is 1. The lowest BCUT2D eigenvalue weighted by atomic mass is 10.1. The van der Waals surface area contributed by atoms with Crippen LogP contribution in [-0.2, 0) is 4.79 Å². The van der Waals surface area contributed by atoms with Gasteiger partial charge in [-0.25, -0.2) is 5.84 Å². The van der Waals surface area contributed by atoms with E-state index in [9.17, 15) is 4.79 Å². The molecule has 0 aromatic carbocycles. The smallest absolute Gasteiger partial charge is 0.233 e. The molecule has 0 spiro atoms. The van der Waals surface area contributed by atoms with Gasteiger partial charge in [-0.2, -0.15) is 0 Å². The van der Waals surface area contributed by atoms with E-state index >= 15 is 0 Å². The molecule has 0 radical (unpaired) electrons. The van der Waals surface area contributed by atoms with Crippen LogP contribution in [-0.4, -0.2) is 17.6 Å². The predicted octanol–water partition coefficient (Wildman–Crippen LogP) is 3.21. The normalized spacial score (nSPS) is 11.1. The molecule has 0 rings (SSSR count). The number of hydrogen-bond acceptors (Lipinski definition) is 3. The van der Waals surface area contributed by atoms with Crippen molar-refractivity contribution in [2.24, 2.45) is 5.84 Å². The van der Waals surface area contributed by atoms with Gasteiger partial charge < -0.3 is 5.11 Å². The molecule has 1 amide bonds. The third kappa shape index (κ3) is 15.2. The van der Waals surface area contributed by atoms with Crippen LogP contribution in [0.5, 0.6) is 0 Å². The SMILES string of the molecule is NNC(=O)CCCCCC/C=C/CCCCCCCO. The van der Waals surface area contributed by atoms with Gasteiger partial charge in [0.25, 0.3) is 0 Å². The van der Waals surface area contributed by atoms with Crippen molar-refractivity contribution in [3.63, 3.8) is 0 Å². The number of carbonyl (C=O) groups is 1. The molecule has 0 aromatic rings. The maximum atomic E-state index is 10.9. The summed E-state index contributed by atoms with van der Waals surface area (Å²) in [6.45, 7) is 0.330. The highest BCUT2D eigenvalue weighted by molar-refractivity contribution is 5.74. The number of amides is 1. The van der Waals surface area contributed by atoms with Gasteiger partial charge >= 0.3 is 0 Å². The van der Waals surface area contributed by atoms with E-state index in [2.05, 4.69) is 17.6 Å². The minimum absolute atomic E-state index is 0.0658. The van der Waals surface area contributed by atoms with Gasteiger partial charge in [-0.3, -0.25) is 10.2 Å². The van der Waals surface area contributed by atoms with Crippen LogP contribution < -0.4 is 11.3 Å². The first-order valence-corrected chi connectivity index (χ1v) is 8.06. The zero-order valence-electron chi connectivity index (χ0n) is 12.8. The molecule has 0 heterocycles. The van der Waals surface area contributed by atoms with Crippen molar-refractivity contribution < 1.29 is 9.90 Å². The maximum Gasteiger partial charge on any atom is 0.233 e. The van der Waals surface area contributed by atoms with Gasteiger partial charge in [0.1, 0.15) is 0 Å². The second-order valence-corrected chi connectivity index (χ2v) is 5.27. The molecule has 118 valence electrons. The van der Waals surface area contributed by atoms with E-state index in [1.807, 2.05) is 0 Å². The number of nitrogens with two attached hydrogens (primary N) is 1. The Morgan fingerprint density at radius 3 is 1.90 bits per heavy atom. The summed E-state index contributed by atoms with van der Waals surface area (Å²) in [5.41, 5.74) is 2.15. The highest BCUT2D eigenvalue weighted by atomic mass is 16.2. The standard InChI is InChI=1S/C16H32N2O2/c17-18-16(20)14-12-10-8-6-4-2-1-3-5-7-9-11-13-15-19/h1-2,19H,3-15,17H2,(H,18,20)/b2-1+. The highest BCUT2D eigenvalue weighted by Crippen LogP contribution is 2.08. The Morgan fingerprint density at radius 1 is 0.850 bits per heavy atom. The number of hydrazine groups is 1. The maximum absolute atomic E-state index is 10.9. The Hall–Kier alpha value is -0.870. The van der Waals surface area contributed by atoms with E-state index in [4.69, 9.17) is 10.9 Å². The van der Waals surface area contributed by atoms with Crippen molar-refractivity contribution in [2.45, 2.75) is 77.0 Å². The van der Waals surface area contributed by atoms with Crippen LogP contribution in [0.2, 0.25) is 0 Å². The molecule has 0 unspecified atom stereocenters. The number of unbranched alkanes of at least 4 members (excludes halogenated alkanes) is 9. The molecule has 0 atom stereocenters. The molecule has 4 heteroatoms. The first-order valence-electron chi connectivity index (χ1n) is 8.06. The van der Waals surface area contributed by atoms with Gasteiger partial charge in [0.05, 0.1) is 0 Å². The second-order valence-electron chi connectivity index (χ2n) is 5.27. The molecule has 20 heavy (non-hydrogen) atoms. The van der Waals surface area contributed by atoms with Gasteiger partial charge in [-0.05, 0) is 38.5 Å². The van der Waals surface area contributed by atoms with E-state index in [0.29, 0.717) is 13.0 Å². The summed E-state index contributed by atoms with van der Waals surface area (Å²) < 4.78 is 0. The molecule has 0 aliphatic rings. The van der Waals surface area contributed by atoms with Crippen LogP contribution in [0.15, 0.2) is 12.2 Å². The molecule has 0 aliphatic carbocycles. The molecule has 4 nitrogen and oxygen atoms in total. The molecule has 0 saturated carbocycles. The Labute approximate surface area is 123 Å². The number of nitrogens with one attached hydrogen (secondary N) is 1. The van der Waals surface area contributed by atoms with E-state index < -0.39 is 0 Å². The topological polar surface area (TPSA) is 75.3 Å². The second kappa shape index (κ2) is 16.2. The van der Waals surface area contributed by atoms with E-state index in [1.54, 1.807) is 0 Å². The van der Waals surface area contributed by atoms with Gasteiger partial charge in [-0.15, -0.1) is 0 Å². The minimum Gasteiger partial charge on any atom is -0.396 e. The van der Waals surface area contributed by atoms with Crippen molar-refractivity contribution in [3.05, 3.63) is 12.2 Å². The fourth-order valence-electron chi connectivity index (χ4n) is 2.11. The summed E-state index contributed by atoms with van der Waals surface area (Å²) in [5, 5.41) is 8.65. The third-order valence-electron chi connectivity index (χ3n) is 3.38. The van der Waals surface area contributed by atoms with E-state index in [1.165, 1.54) is 38.5 Å². The number of aliphatic hydroxyl groups excluding tert-OH is 1. The monoisotopic (exact) mass is 284 g/mol. The first-order chi connectivity index (χ1) is 9.81. The highest BCUT2D eigenvalue weighted by Gasteiger charge is 1.96. The van der Waals surface area contributed by atoms with Crippen molar-refractivity contribution >= 4 is 5.91 Å². The fourth-order valence-corrected chi connectivity index (χ4v) is 2.11. The predicted molar refractivity (Wildman–Crippen MR) is 84.0 cm³/mol. The molecule has 0 aromatic heterocycles. The molecule has 0 aliphatic heterocycles. The van der Waals surface area contributed by atoms with Gasteiger partial charge in [-0.1, -0.05) is 44.3 Å². The van der Waals surface area contributed by atoms with Crippen LogP contribution in [0.25, 0.3) is 0 Å². The molecular weight excluding hydrogens is 252 g/mol. The zero-order chi connectivity index (χ0) is 14.9. The lowest BCUT2D eigenvalue weighted by Gasteiger charge is -1.99. The van der Waals surface area contributed by atoms with Gasteiger partial charge in [0.2, 0.25) is 5.91 Å². The summed E-state index contributed by atoms with van der Waals surface area (Å²) in [5.74, 6) is 4.94. The summed E-state index contributed by atoms with van der Waals surface area (Å²) in [4.78, 5) is 10.9. The Kier molecular flexibility index (Phi) is 15.5. The fraction of sp³-hybridized carbons (Fsp3) is 0.812. The quantitative estimate of drug-likeness (QED) is 0.151. The Bertz CT molecular complexity index is 243.